The van der Waals surface area contributed by atoms with Crippen molar-refractivity contribution in [2.75, 3.05) is 33.2 Å². The van der Waals surface area contributed by atoms with Crippen LogP contribution in [0.2, 0.25) is 0 Å². The van der Waals surface area contributed by atoms with Gasteiger partial charge in [0.25, 0.3) is 0 Å². The van der Waals surface area contributed by atoms with Crippen LogP contribution in [-0.4, -0.2) is 44.1 Å². The number of likely N-dealkylation sites (tertiary alicyclic amines) is 1. The standard InChI is InChI=1S/C12H26N4.HI/c1-10(2)7-14-12(13)15-8-11-5-4-6-16(3)9-11;/h10-11H,4-9H2,1-3H3,(H3,13,14,15);1H. The van der Waals surface area contributed by atoms with Gasteiger partial charge in [0.2, 0.25) is 0 Å². The summed E-state index contributed by atoms with van der Waals surface area (Å²) in [6, 6.07) is 0. The van der Waals surface area contributed by atoms with Crippen molar-refractivity contribution in [3.63, 3.8) is 0 Å². The maximum absolute atomic E-state index is 5.80. The number of nitrogens with one attached hydrogen (secondary N) is 1. The molecule has 102 valence electrons. The molecule has 3 N–H and O–H groups in total. The van der Waals surface area contributed by atoms with Crippen molar-refractivity contribution in [1.29, 1.82) is 0 Å². The molecule has 0 saturated carbocycles. The molecule has 0 aromatic rings. The molecule has 1 heterocycles. The van der Waals surface area contributed by atoms with Crippen LogP contribution in [0.5, 0.6) is 0 Å². The summed E-state index contributed by atoms with van der Waals surface area (Å²) in [4.78, 5) is 6.68. The van der Waals surface area contributed by atoms with Crippen LogP contribution in [0.4, 0.5) is 0 Å². The van der Waals surface area contributed by atoms with Crippen molar-refractivity contribution >= 4 is 29.9 Å². The van der Waals surface area contributed by atoms with E-state index in [0.29, 0.717) is 17.8 Å². The zero-order chi connectivity index (χ0) is 12.0. The molecule has 1 saturated heterocycles. The molecule has 1 atom stereocenters. The van der Waals surface area contributed by atoms with Crippen molar-refractivity contribution in [2.24, 2.45) is 22.6 Å². The van der Waals surface area contributed by atoms with E-state index in [0.717, 1.165) is 13.1 Å². The van der Waals surface area contributed by atoms with Gasteiger partial charge in [-0.1, -0.05) is 13.8 Å². The molecule has 17 heavy (non-hydrogen) atoms. The van der Waals surface area contributed by atoms with Gasteiger partial charge < -0.3 is 16.0 Å². The monoisotopic (exact) mass is 354 g/mol. The number of aliphatic imine (C=N–C) groups is 1. The minimum atomic E-state index is 0. The summed E-state index contributed by atoms with van der Waals surface area (Å²) < 4.78 is 0. The van der Waals surface area contributed by atoms with E-state index in [1.54, 1.807) is 0 Å². The summed E-state index contributed by atoms with van der Waals surface area (Å²) in [6.07, 6.45) is 2.60. The third kappa shape index (κ3) is 7.81. The van der Waals surface area contributed by atoms with Gasteiger partial charge in [0, 0.05) is 19.6 Å². The average Bonchev–Trinajstić information content (AvgIpc) is 2.23. The normalized spacial score (nSPS) is 22.4. The Morgan fingerprint density at radius 3 is 2.82 bits per heavy atom. The summed E-state index contributed by atoms with van der Waals surface area (Å²) in [5.74, 6) is 1.88. The molecule has 0 aromatic heterocycles. The van der Waals surface area contributed by atoms with Gasteiger partial charge in [-0.25, -0.2) is 0 Å². The van der Waals surface area contributed by atoms with E-state index in [1.807, 2.05) is 0 Å². The zero-order valence-electron chi connectivity index (χ0n) is 11.3. The summed E-state index contributed by atoms with van der Waals surface area (Å²) in [7, 11) is 2.18. The predicted octanol–water partition coefficient (Wildman–Crippen LogP) is 1.51. The average molecular weight is 354 g/mol. The van der Waals surface area contributed by atoms with Crippen molar-refractivity contribution in [3.05, 3.63) is 0 Å². The molecule has 0 amide bonds. The first kappa shape index (κ1) is 17.0. The van der Waals surface area contributed by atoms with Crippen molar-refractivity contribution in [1.82, 2.24) is 10.2 Å². The van der Waals surface area contributed by atoms with E-state index in [-0.39, 0.29) is 24.0 Å². The quantitative estimate of drug-likeness (QED) is 0.457. The Morgan fingerprint density at radius 2 is 2.24 bits per heavy atom. The molecule has 0 spiro atoms. The number of nitrogens with two attached hydrogens (primary N) is 1. The van der Waals surface area contributed by atoms with E-state index >= 15 is 0 Å². The number of halogens is 1. The third-order valence-electron chi connectivity index (χ3n) is 2.92. The summed E-state index contributed by atoms with van der Waals surface area (Å²) in [6.45, 7) is 8.46. The lowest BCUT2D eigenvalue weighted by Crippen LogP contribution is -2.41. The smallest absolute Gasteiger partial charge is 0.188 e. The number of hydrogen-bond acceptors (Lipinski definition) is 2. The molecule has 0 radical (unpaired) electrons. The van der Waals surface area contributed by atoms with Gasteiger partial charge in [-0.3, -0.25) is 4.99 Å². The van der Waals surface area contributed by atoms with E-state index in [2.05, 4.69) is 36.1 Å². The van der Waals surface area contributed by atoms with Gasteiger partial charge in [-0.05, 0) is 38.3 Å². The fourth-order valence-electron chi connectivity index (χ4n) is 2.03. The lowest BCUT2D eigenvalue weighted by Gasteiger charge is -2.29. The molecule has 1 aliphatic rings. The molecule has 1 unspecified atom stereocenters. The first-order valence-electron chi connectivity index (χ1n) is 6.30. The lowest BCUT2D eigenvalue weighted by molar-refractivity contribution is 0.210. The Kier molecular flexibility index (Phi) is 8.94. The molecular weight excluding hydrogens is 327 g/mol. The van der Waals surface area contributed by atoms with Gasteiger partial charge in [-0.15, -0.1) is 24.0 Å². The van der Waals surface area contributed by atoms with Crippen LogP contribution in [0.15, 0.2) is 4.99 Å². The van der Waals surface area contributed by atoms with Crippen LogP contribution in [0.1, 0.15) is 26.7 Å². The van der Waals surface area contributed by atoms with Gasteiger partial charge in [0.1, 0.15) is 0 Å². The fraction of sp³-hybridized carbons (Fsp3) is 0.917. The Hall–Kier alpha value is -0.0400. The minimum Gasteiger partial charge on any atom is -0.370 e. The van der Waals surface area contributed by atoms with Crippen LogP contribution >= 0.6 is 24.0 Å². The Labute approximate surface area is 122 Å². The Bertz CT molecular complexity index is 231. The number of rotatable bonds is 4. The highest BCUT2D eigenvalue weighted by atomic mass is 127. The van der Waals surface area contributed by atoms with Crippen molar-refractivity contribution in [3.8, 4) is 0 Å². The van der Waals surface area contributed by atoms with E-state index < -0.39 is 0 Å². The molecule has 4 nitrogen and oxygen atoms in total. The first-order valence-corrected chi connectivity index (χ1v) is 6.30. The number of hydrogen-bond donors (Lipinski definition) is 2. The van der Waals surface area contributed by atoms with Gasteiger partial charge >= 0.3 is 0 Å². The molecule has 1 rings (SSSR count). The highest BCUT2D eigenvalue weighted by Crippen LogP contribution is 2.13. The molecule has 0 bridgehead atoms. The maximum atomic E-state index is 5.80. The van der Waals surface area contributed by atoms with Crippen molar-refractivity contribution < 1.29 is 0 Å². The van der Waals surface area contributed by atoms with Gasteiger partial charge in [0.15, 0.2) is 5.96 Å². The number of guanidine groups is 1. The second-order valence-electron chi connectivity index (χ2n) is 5.27. The molecule has 0 aliphatic carbocycles. The first-order chi connectivity index (χ1) is 7.58. The lowest BCUT2D eigenvalue weighted by atomic mass is 9.99. The zero-order valence-corrected chi connectivity index (χ0v) is 13.6. The Balaban J connectivity index is 0.00000256. The number of piperidine rings is 1. The minimum absolute atomic E-state index is 0. The fourth-order valence-corrected chi connectivity index (χ4v) is 2.03. The molecule has 0 aromatic carbocycles. The van der Waals surface area contributed by atoms with Gasteiger partial charge in [-0.2, -0.15) is 0 Å². The predicted molar refractivity (Wildman–Crippen MR) is 85.0 cm³/mol. The van der Waals surface area contributed by atoms with E-state index in [9.17, 15) is 0 Å². The van der Waals surface area contributed by atoms with Crippen LogP contribution in [-0.2, 0) is 0 Å². The second kappa shape index (κ2) is 8.97. The topological polar surface area (TPSA) is 53.6 Å². The molecule has 5 heteroatoms. The summed E-state index contributed by atoms with van der Waals surface area (Å²) in [5, 5.41) is 3.23. The highest BCUT2D eigenvalue weighted by molar-refractivity contribution is 14.0. The van der Waals surface area contributed by atoms with Crippen LogP contribution in [0.25, 0.3) is 0 Å². The maximum Gasteiger partial charge on any atom is 0.188 e. The van der Waals surface area contributed by atoms with Crippen LogP contribution in [0.3, 0.4) is 0 Å². The molecule has 1 fully saturated rings. The highest BCUT2D eigenvalue weighted by Gasteiger charge is 2.16. The van der Waals surface area contributed by atoms with E-state index in [4.69, 9.17) is 5.73 Å². The molecule has 1 aliphatic heterocycles. The van der Waals surface area contributed by atoms with Crippen LogP contribution < -0.4 is 11.1 Å². The Morgan fingerprint density at radius 1 is 1.53 bits per heavy atom. The second-order valence-corrected chi connectivity index (χ2v) is 5.27. The summed E-state index contributed by atoms with van der Waals surface area (Å²) in [5.41, 5.74) is 5.80. The van der Waals surface area contributed by atoms with E-state index in [1.165, 1.54) is 25.9 Å². The van der Waals surface area contributed by atoms with Crippen LogP contribution in [0, 0.1) is 11.8 Å². The third-order valence-corrected chi connectivity index (χ3v) is 2.92. The van der Waals surface area contributed by atoms with Crippen molar-refractivity contribution in [2.45, 2.75) is 26.7 Å². The SMILES string of the molecule is CC(C)CN=C(N)NCC1CCCN(C)C1.I. The number of nitrogens with zero attached hydrogens (tertiary/aromatic N) is 2. The largest absolute Gasteiger partial charge is 0.370 e. The summed E-state index contributed by atoms with van der Waals surface area (Å²) >= 11 is 0. The van der Waals surface area contributed by atoms with Gasteiger partial charge in [0.05, 0.1) is 0 Å². The molecular formula is C12H27IN4.